The molecule has 0 unspecified atom stereocenters. The minimum Gasteiger partial charge on any atom is -0.259 e. The Labute approximate surface area is 141 Å². The highest BCUT2D eigenvalue weighted by molar-refractivity contribution is 9.10. The molecule has 0 amide bonds. The van der Waals surface area contributed by atoms with Gasteiger partial charge < -0.3 is 0 Å². The standard InChI is InChI=1S/C16H12BrClN4/c1-10(11-6-8-12(17)9-7-11)19-21-16-14-5-3-2-4-13(14)15(18)20-22-16/h2-9H,1H3,(H,21,22)/b19-10+. The third-order valence-corrected chi connectivity index (χ3v) is 4.04. The van der Waals surface area contributed by atoms with Crippen LogP contribution in [0.25, 0.3) is 10.8 Å². The SMILES string of the molecule is C/C(=N\Nc1nnc(Cl)c2ccccc12)c1ccc(Br)cc1. The molecule has 0 fully saturated rings. The molecule has 3 aromatic rings. The molecule has 0 saturated heterocycles. The molecule has 0 atom stereocenters. The van der Waals surface area contributed by atoms with Gasteiger partial charge in [-0.3, -0.25) is 5.43 Å². The molecular formula is C16H12BrClN4. The van der Waals surface area contributed by atoms with E-state index in [0.29, 0.717) is 11.0 Å². The second-order valence-corrected chi connectivity index (χ2v) is 5.97. The third-order valence-electron chi connectivity index (χ3n) is 3.23. The predicted molar refractivity (Wildman–Crippen MR) is 94.5 cm³/mol. The van der Waals surface area contributed by atoms with Gasteiger partial charge in [0.1, 0.15) is 0 Å². The first-order chi connectivity index (χ1) is 10.6. The van der Waals surface area contributed by atoms with Crippen molar-refractivity contribution in [2.24, 2.45) is 5.10 Å². The number of nitrogens with zero attached hydrogens (tertiary/aromatic N) is 3. The zero-order chi connectivity index (χ0) is 15.5. The van der Waals surface area contributed by atoms with E-state index in [4.69, 9.17) is 11.6 Å². The molecule has 110 valence electrons. The predicted octanol–water partition coefficient (Wildman–Crippen LogP) is 4.88. The fourth-order valence-electron chi connectivity index (χ4n) is 2.05. The van der Waals surface area contributed by atoms with E-state index in [9.17, 15) is 0 Å². The lowest BCUT2D eigenvalue weighted by Gasteiger charge is -2.06. The molecule has 0 saturated carbocycles. The first-order valence-corrected chi connectivity index (χ1v) is 7.79. The summed E-state index contributed by atoms with van der Waals surface area (Å²) in [5.41, 5.74) is 4.86. The smallest absolute Gasteiger partial charge is 0.176 e. The van der Waals surface area contributed by atoms with Gasteiger partial charge in [-0.05, 0) is 24.6 Å². The second kappa shape index (κ2) is 6.42. The summed E-state index contributed by atoms with van der Waals surface area (Å²) in [5.74, 6) is 0.580. The van der Waals surface area contributed by atoms with Crippen molar-refractivity contribution < 1.29 is 0 Å². The highest BCUT2D eigenvalue weighted by atomic mass is 79.9. The highest BCUT2D eigenvalue weighted by Gasteiger charge is 2.06. The number of nitrogens with one attached hydrogen (secondary N) is 1. The van der Waals surface area contributed by atoms with Crippen molar-refractivity contribution in [1.29, 1.82) is 0 Å². The normalized spacial score (nSPS) is 11.7. The van der Waals surface area contributed by atoms with Gasteiger partial charge in [0.2, 0.25) is 0 Å². The van der Waals surface area contributed by atoms with E-state index in [0.717, 1.165) is 26.5 Å². The van der Waals surface area contributed by atoms with Gasteiger partial charge in [0, 0.05) is 15.2 Å². The van der Waals surface area contributed by atoms with E-state index >= 15 is 0 Å². The molecular weight excluding hydrogens is 364 g/mol. The summed E-state index contributed by atoms with van der Waals surface area (Å²) in [4.78, 5) is 0. The lowest BCUT2D eigenvalue weighted by molar-refractivity contribution is 1.04. The number of hydrogen-bond donors (Lipinski definition) is 1. The summed E-state index contributed by atoms with van der Waals surface area (Å²) in [7, 11) is 0. The lowest BCUT2D eigenvalue weighted by Crippen LogP contribution is -2.02. The monoisotopic (exact) mass is 374 g/mol. The molecule has 0 aliphatic carbocycles. The Morgan fingerprint density at radius 3 is 2.45 bits per heavy atom. The van der Waals surface area contributed by atoms with Crippen molar-refractivity contribution >= 4 is 49.8 Å². The summed E-state index contributed by atoms with van der Waals surface area (Å²) < 4.78 is 1.03. The molecule has 1 N–H and O–H groups in total. The van der Waals surface area contributed by atoms with Crippen molar-refractivity contribution in [3.63, 3.8) is 0 Å². The van der Waals surface area contributed by atoms with Crippen molar-refractivity contribution in [1.82, 2.24) is 10.2 Å². The van der Waals surface area contributed by atoms with Crippen LogP contribution in [0.5, 0.6) is 0 Å². The quantitative estimate of drug-likeness (QED) is 0.524. The average molecular weight is 376 g/mol. The van der Waals surface area contributed by atoms with E-state index in [2.05, 4.69) is 36.7 Å². The number of benzene rings is 2. The van der Waals surface area contributed by atoms with Gasteiger partial charge in [-0.1, -0.05) is 63.9 Å². The topological polar surface area (TPSA) is 50.2 Å². The molecule has 0 radical (unpaired) electrons. The highest BCUT2D eigenvalue weighted by Crippen LogP contribution is 2.25. The Morgan fingerprint density at radius 2 is 1.73 bits per heavy atom. The van der Waals surface area contributed by atoms with Gasteiger partial charge in [-0.15, -0.1) is 10.2 Å². The number of rotatable bonds is 3. The maximum atomic E-state index is 6.06. The summed E-state index contributed by atoms with van der Waals surface area (Å²) >= 11 is 9.48. The minimum absolute atomic E-state index is 0.384. The Kier molecular flexibility index (Phi) is 4.36. The lowest BCUT2D eigenvalue weighted by atomic mass is 10.1. The second-order valence-electron chi connectivity index (χ2n) is 4.70. The van der Waals surface area contributed by atoms with Crippen LogP contribution in [0.3, 0.4) is 0 Å². The Morgan fingerprint density at radius 1 is 1.05 bits per heavy atom. The molecule has 22 heavy (non-hydrogen) atoms. The fourth-order valence-corrected chi connectivity index (χ4v) is 2.51. The fraction of sp³-hybridized carbons (Fsp3) is 0.0625. The number of hydrazone groups is 1. The van der Waals surface area contributed by atoms with E-state index in [-0.39, 0.29) is 0 Å². The van der Waals surface area contributed by atoms with Crippen LogP contribution >= 0.6 is 27.5 Å². The first-order valence-electron chi connectivity index (χ1n) is 6.62. The molecule has 0 bridgehead atoms. The van der Waals surface area contributed by atoms with Crippen molar-refractivity contribution in [2.45, 2.75) is 6.92 Å². The molecule has 4 nitrogen and oxygen atoms in total. The van der Waals surface area contributed by atoms with E-state index < -0.39 is 0 Å². The molecule has 0 spiro atoms. The van der Waals surface area contributed by atoms with Crippen LogP contribution in [-0.2, 0) is 0 Å². The summed E-state index contributed by atoms with van der Waals surface area (Å²) in [5, 5.41) is 14.5. The molecule has 6 heteroatoms. The summed E-state index contributed by atoms with van der Waals surface area (Å²) in [6, 6.07) is 15.6. The summed E-state index contributed by atoms with van der Waals surface area (Å²) in [6.07, 6.45) is 0. The van der Waals surface area contributed by atoms with Crippen LogP contribution in [0.2, 0.25) is 5.15 Å². The van der Waals surface area contributed by atoms with Crippen LogP contribution in [0, 0.1) is 0 Å². The Bertz CT molecular complexity index is 846. The van der Waals surface area contributed by atoms with Crippen LogP contribution in [0.1, 0.15) is 12.5 Å². The van der Waals surface area contributed by atoms with Crippen molar-refractivity contribution in [3.05, 3.63) is 63.7 Å². The molecule has 1 aromatic heterocycles. The zero-order valence-corrected chi connectivity index (χ0v) is 14.1. The molecule has 0 aliphatic heterocycles. The first kappa shape index (κ1) is 14.9. The average Bonchev–Trinajstić information content (AvgIpc) is 2.55. The van der Waals surface area contributed by atoms with E-state index in [1.807, 2.05) is 55.5 Å². The van der Waals surface area contributed by atoms with Crippen LogP contribution in [-0.4, -0.2) is 15.9 Å². The number of halogens is 2. The van der Waals surface area contributed by atoms with Gasteiger partial charge in [-0.25, -0.2) is 0 Å². The molecule has 0 aliphatic rings. The maximum Gasteiger partial charge on any atom is 0.176 e. The number of hydrogen-bond acceptors (Lipinski definition) is 4. The maximum absolute atomic E-state index is 6.06. The number of anilines is 1. The largest absolute Gasteiger partial charge is 0.259 e. The Balaban J connectivity index is 1.92. The van der Waals surface area contributed by atoms with Gasteiger partial charge in [-0.2, -0.15) is 5.10 Å². The van der Waals surface area contributed by atoms with Crippen molar-refractivity contribution in [3.8, 4) is 0 Å². The zero-order valence-electron chi connectivity index (χ0n) is 11.7. The van der Waals surface area contributed by atoms with Gasteiger partial charge in [0.15, 0.2) is 11.0 Å². The minimum atomic E-state index is 0.384. The van der Waals surface area contributed by atoms with Crippen LogP contribution < -0.4 is 5.43 Å². The van der Waals surface area contributed by atoms with E-state index in [1.165, 1.54) is 0 Å². The third kappa shape index (κ3) is 3.10. The van der Waals surface area contributed by atoms with Gasteiger partial charge >= 0.3 is 0 Å². The number of fused-ring (bicyclic) bond motifs is 1. The summed E-state index contributed by atoms with van der Waals surface area (Å²) in [6.45, 7) is 1.93. The van der Waals surface area contributed by atoms with Gasteiger partial charge in [0.25, 0.3) is 0 Å². The van der Waals surface area contributed by atoms with Gasteiger partial charge in [0.05, 0.1) is 5.71 Å². The van der Waals surface area contributed by atoms with Crippen molar-refractivity contribution in [2.75, 3.05) is 5.43 Å². The van der Waals surface area contributed by atoms with Crippen LogP contribution in [0.4, 0.5) is 5.82 Å². The van der Waals surface area contributed by atoms with Crippen LogP contribution in [0.15, 0.2) is 58.1 Å². The number of aromatic nitrogens is 2. The molecule has 1 heterocycles. The van der Waals surface area contributed by atoms with E-state index in [1.54, 1.807) is 0 Å². The molecule has 2 aromatic carbocycles. The molecule has 3 rings (SSSR count). The Hall–Kier alpha value is -1.98.